The predicted octanol–water partition coefficient (Wildman–Crippen LogP) is 5.10. The number of rotatable bonds is 7. The number of fused-ring (bicyclic) bond motifs is 1. The van der Waals surface area contributed by atoms with Gasteiger partial charge in [-0.3, -0.25) is 9.59 Å². The molecule has 2 aromatic carbocycles. The van der Waals surface area contributed by atoms with Gasteiger partial charge in [0.25, 0.3) is 0 Å². The number of anilines is 2. The van der Waals surface area contributed by atoms with Crippen molar-refractivity contribution in [2.45, 2.75) is 70.8 Å². The number of halogens is 1. The van der Waals surface area contributed by atoms with Crippen LogP contribution in [0.4, 0.5) is 16.2 Å². The Morgan fingerprint density at radius 2 is 1.61 bits per heavy atom. The number of carbonyl (C=O) groups excluding carboxylic acids is 3. The van der Waals surface area contributed by atoms with Crippen molar-refractivity contribution in [1.29, 1.82) is 0 Å². The summed E-state index contributed by atoms with van der Waals surface area (Å²) in [5, 5.41) is 7.02. The van der Waals surface area contributed by atoms with Crippen LogP contribution in [0.15, 0.2) is 36.4 Å². The Balaban J connectivity index is 1.09. The Bertz CT molecular complexity index is 1390. The first-order valence-corrected chi connectivity index (χ1v) is 17.6. The molecule has 4 N–H and O–H groups in total. The van der Waals surface area contributed by atoms with E-state index in [2.05, 4.69) is 16.7 Å². The first-order chi connectivity index (χ1) is 22.3. The van der Waals surface area contributed by atoms with Crippen LogP contribution in [0.3, 0.4) is 0 Å². The number of benzene rings is 2. The van der Waals surface area contributed by atoms with Gasteiger partial charge in [-0.15, -0.1) is 0 Å². The second kappa shape index (κ2) is 14.6. The summed E-state index contributed by atoms with van der Waals surface area (Å²) < 4.78 is 0. The van der Waals surface area contributed by atoms with Crippen molar-refractivity contribution in [2.24, 2.45) is 17.8 Å². The van der Waals surface area contributed by atoms with Gasteiger partial charge in [0.05, 0.1) is 16.6 Å². The lowest BCUT2D eigenvalue weighted by Crippen LogP contribution is -2.50. The number of nitrogens with two attached hydrogens (primary N) is 1. The van der Waals surface area contributed by atoms with Crippen molar-refractivity contribution in [2.75, 3.05) is 56.9 Å². The number of amides is 4. The minimum absolute atomic E-state index is 0.00683. The fourth-order valence-corrected chi connectivity index (χ4v) is 8.43. The summed E-state index contributed by atoms with van der Waals surface area (Å²) in [7, 11) is 0. The Hall–Kier alpha value is -3.30. The van der Waals surface area contributed by atoms with Crippen LogP contribution in [0.2, 0.25) is 5.02 Å². The van der Waals surface area contributed by atoms with E-state index in [-0.39, 0.29) is 30.3 Å². The molecule has 248 valence electrons. The standard InChI is InChI=1S/C36H49ClN6O3/c1-24-20-25(22-31(37)34(24)38)21-29(35(45)42-15-8-27(9-16-42)26-6-13-39-14-7-26)23-33(44)41-17-11-30(12-18-41)43-19-10-28-4-2-3-5-32(28)40-36(43)46/h2-5,20,22,26-27,29-30,39H,6-19,21,23,38H2,1H3,(H,40,46)/t29-/m0/s1. The van der Waals surface area contributed by atoms with E-state index in [0.29, 0.717) is 42.7 Å². The lowest BCUT2D eigenvalue weighted by Gasteiger charge is -2.40. The zero-order chi connectivity index (χ0) is 32.2. The quantitative estimate of drug-likeness (QED) is 0.362. The lowest BCUT2D eigenvalue weighted by atomic mass is 9.79. The third-order valence-electron chi connectivity index (χ3n) is 11.0. The third-order valence-corrected chi connectivity index (χ3v) is 11.3. The number of likely N-dealkylation sites (tertiary alicyclic amines) is 2. The molecular weight excluding hydrogens is 600 g/mol. The van der Waals surface area contributed by atoms with E-state index < -0.39 is 5.92 Å². The molecule has 0 saturated carbocycles. The first-order valence-electron chi connectivity index (χ1n) is 17.2. The van der Waals surface area contributed by atoms with Crippen molar-refractivity contribution in [3.05, 3.63) is 58.1 Å². The molecule has 4 amide bonds. The van der Waals surface area contributed by atoms with Gasteiger partial charge >= 0.3 is 6.03 Å². The number of nitrogens with one attached hydrogen (secondary N) is 2. The van der Waals surface area contributed by atoms with Crippen LogP contribution in [0.5, 0.6) is 0 Å². The van der Waals surface area contributed by atoms with Crippen LogP contribution in [-0.2, 0) is 22.4 Å². The molecule has 0 spiro atoms. The van der Waals surface area contributed by atoms with Gasteiger partial charge in [-0.25, -0.2) is 4.79 Å². The van der Waals surface area contributed by atoms with Gasteiger partial charge in [0, 0.05) is 50.9 Å². The topological polar surface area (TPSA) is 111 Å². The van der Waals surface area contributed by atoms with Crippen molar-refractivity contribution < 1.29 is 14.4 Å². The number of urea groups is 1. The summed E-state index contributed by atoms with van der Waals surface area (Å²) in [6.07, 6.45) is 7.39. The second-order valence-electron chi connectivity index (χ2n) is 13.8. The van der Waals surface area contributed by atoms with Crippen LogP contribution >= 0.6 is 11.6 Å². The average molecular weight is 649 g/mol. The zero-order valence-corrected chi connectivity index (χ0v) is 27.9. The maximum atomic E-state index is 14.1. The average Bonchev–Trinajstić information content (AvgIpc) is 3.25. The highest BCUT2D eigenvalue weighted by Crippen LogP contribution is 2.33. The molecule has 0 unspecified atom stereocenters. The number of nitrogen functional groups attached to an aromatic ring is 1. The monoisotopic (exact) mass is 648 g/mol. The van der Waals surface area contributed by atoms with Gasteiger partial charge in [0.15, 0.2) is 0 Å². The molecule has 9 nitrogen and oxygen atoms in total. The summed E-state index contributed by atoms with van der Waals surface area (Å²) in [5.41, 5.74) is 10.5. The molecule has 0 bridgehead atoms. The van der Waals surface area contributed by atoms with Crippen molar-refractivity contribution in [1.82, 2.24) is 20.0 Å². The first kappa shape index (κ1) is 32.6. The molecular formula is C36H49ClN6O3. The van der Waals surface area contributed by atoms with E-state index >= 15 is 0 Å². The molecule has 6 rings (SSSR count). The van der Waals surface area contributed by atoms with E-state index in [1.165, 1.54) is 12.8 Å². The highest BCUT2D eigenvalue weighted by molar-refractivity contribution is 6.33. The van der Waals surface area contributed by atoms with Gasteiger partial charge in [0.2, 0.25) is 11.8 Å². The van der Waals surface area contributed by atoms with Crippen LogP contribution in [-0.4, -0.2) is 84.4 Å². The Labute approximate surface area is 278 Å². The molecule has 0 aromatic heterocycles. The smallest absolute Gasteiger partial charge is 0.322 e. The van der Waals surface area contributed by atoms with Crippen molar-refractivity contribution >= 4 is 40.8 Å². The molecule has 3 fully saturated rings. The van der Waals surface area contributed by atoms with Gasteiger partial charge < -0.3 is 31.1 Å². The van der Waals surface area contributed by atoms with Crippen molar-refractivity contribution in [3.63, 3.8) is 0 Å². The van der Waals surface area contributed by atoms with Crippen molar-refractivity contribution in [3.8, 4) is 0 Å². The molecule has 46 heavy (non-hydrogen) atoms. The number of nitrogens with zero attached hydrogens (tertiary/aromatic N) is 3. The molecule has 3 saturated heterocycles. The molecule has 1 atom stereocenters. The van der Waals surface area contributed by atoms with Gasteiger partial charge in [0.1, 0.15) is 0 Å². The number of aryl methyl sites for hydroxylation is 1. The molecule has 10 heteroatoms. The number of carbonyl (C=O) groups is 3. The number of piperidine rings is 3. The minimum Gasteiger partial charge on any atom is -0.397 e. The van der Waals surface area contributed by atoms with Gasteiger partial charge in [-0.05, 0) is 112 Å². The second-order valence-corrected chi connectivity index (χ2v) is 14.2. The Morgan fingerprint density at radius 3 is 2.33 bits per heavy atom. The maximum absolute atomic E-state index is 14.1. The van der Waals surface area contributed by atoms with E-state index in [0.717, 1.165) is 86.6 Å². The van der Waals surface area contributed by atoms with Gasteiger partial charge in [-0.1, -0.05) is 35.9 Å². The summed E-state index contributed by atoms with van der Waals surface area (Å²) in [6.45, 7) is 7.44. The minimum atomic E-state index is -0.463. The van der Waals surface area contributed by atoms with Crippen LogP contribution < -0.4 is 16.4 Å². The molecule has 0 radical (unpaired) electrons. The molecule has 4 aliphatic rings. The predicted molar refractivity (Wildman–Crippen MR) is 183 cm³/mol. The normalized spacial score (nSPS) is 21.0. The highest BCUT2D eigenvalue weighted by atomic mass is 35.5. The van der Waals surface area contributed by atoms with Crippen LogP contribution in [0.25, 0.3) is 0 Å². The van der Waals surface area contributed by atoms with E-state index in [9.17, 15) is 14.4 Å². The fourth-order valence-electron chi connectivity index (χ4n) is 8.15. The lowest BCUT2D eigenvalue weighted by molar-refractivity contribution is -0.143. The van der Waals surface area contributed by atoms with E-state index in [1.807, 2.05) is 52.0 Å². The molecule has 4 aliphatic heterocycles. The Kier molecular flexibility index (Phi) is 10.4. The molecule has 0 aliphatic carbocycles. The number of hydrogen-bond acceptors (Lipinski definition) is 5. The number of hydrogen-bond donors (Lipinski definition) is 3. The largest absolute Gasteiger partial charge is 0.397 e. The summed E-state index contributed by atoms with van der Waals surface area (Å²) in [6, 6.07) is 11.8. The van der Waals surface area contributed by atoms with Crippen LogP contribution in [0.1, 0.15) is 61.6 Å². The highest BCUT2D eigenvalue weighted by Gasteiger charge is 2.36. The van der Waals surface area contributed by atoms with Crippen LogP contribution in [0, 0.1) is 24.7 Å². The SMILES string of the molecule is Cc1cc(C[C@@H](CC(=O)N2CCC(N3CCc4ccccc4NC3=O)CC2)C(=O)N2CCC(C3CCNCC3)CC2)cc(Cl)c1N. The third kappa shape index (κ3) is 7.46. The molecule has 2 aromatic rings. The Morgan fingerprint density at radius 1 is 0.935 bits per heavy atom. The maximum Gasteiger partial charge on any atom is 0.322 e. The zero-order valence-electron chi connectivity index (χ0n) is 27.1. The molecule has 4 heterocycles. The van der Waals surface area contributed by atoms with E-state index in [1.54, 1.807) is 0 Å². The van der Waals surface area contributed by atoms with E-state index in [4.69, 9.17) is 17.3 Å². The van der Waals surface area contributed by atoms with Gasteiger partial charge in [-0.2, -0.15) is 0 Å². The summed E-state index contributed by atoms with van der Waals surface area (Å²) in [5.74, 6) is 1.03. The number of para-hydroxylation sites is 1. The summed E-state index contributed by atoms with van der Waals surface area (Å²) >= 11 is 6.44. The fraction of sp³-hybridized carbons (Fsp3) is 0.583. The summed E-state index contributed by atoms with van der Waals surface area (Å²) in [4.78, 5) is 46.8.